The Morgan fingerprint density at radius 2 is 1.88 bits per heavy atom. The number of carbonyl (C=O) groups is 3. The molecule has 1 N–H and O–H groups in total. The number of hydrogen-bond acceptors (Lipinski definition) is 5. The maximum absolute atomic E-state index is 13.5. The predicted molar refractivity (Wildman–Crippen MR) is 110 cm³/mol. The molecule has 1 aliphatic heterocycles. The fourth-order valence-corrected chi connectivity index (χ4v) is 4.95. The van der Waals surface area contributed by atoms with E-state index >= 15 is 0 Å². The van der Waals surface area contributed by atoms with Gasteiger partial charge < -0.3 is 19.5 Å². The lowest BCUT2D eigenvalue weighted by molar-refractivity contribution is -0.194. The summed E-state index contributed by atoms with van der Waals surface area (Å²) in [4.78, 5) is 38.1. The largest absolute Gasteiger partial charge is 0.481 e. The van der Waals surface area contributed by atoms with Gasteiger partial charge >= 0.3 is 24.0 Å². The predicted octanol–water partition coefficient (Wildman–Crippen LogP) is 3.67. The second kappa shape index (κ2) is 9.70. The molecule has 10 heteroatoms. The molecule has 2 fully saturated rings. The lowest BCUT2D eigenvalue weighted by Gasteiger charge is -2.42. The van der Waals surface area contributed by atoms with Crippen LogP contribution in [0.15, 0.2) is 30.3 Å². The van der Waals surface area contributed by atoms with E-state index in [0.29, 0.717) is 0 Å². The van der Waals surface area contributed by atoms with Crippen molar-refractivity contribution in [3.05, 3.63) is 35.9 Å². The van der Waals surface area contributed by atoms with Crippen LogP contribution in [-0.2, 0) is 19.1 Å². The highest BCUT2D eigenvalue weighted by Crippen LogP contribution is 2.46. The molecule has 0 aromatic heterocycles. The van der Waals surface area contributed by atoms with Crippen LogP contribution in [0.25, 0.3) is 0 Å². The van der Waals surface area contributed by atoms with Gasteiger partial charge in [0, 0.05) is 24.6 Å². The fraction of sp³-hybridized carbons (Fsp3) is 0.609. The van der Waals surface area contributed by atoms with Crippen molar-refractivity contribution in [2.75, 3.05) is 13.2 Å². The normalized spacial score (nSPS) is 28.7. The first kappa shape index (κ1) is 25.0. The van der Waals surface area contributed by atoms with Gasteiger partial charge in [-0.15, -0.1) is 0 Å². The van der Waals surface area contributed by atoms with Crippen LogP contribution >= 0.6 is 0 Å². The van der Waals surface area contributed by atoms with Gasteiger partial charge in [0.2, 0.25) is 0 Å². The molecule has 0 radical (unpaired) electrons. The SMILES string of the molecule is CC(OC(=O)c1ccccc1)[C@]1(C(=O)O)CC[C@@H](N(C(=O)C(F)(F)F)C2CCOC[C@H]2C)C1. The molecule has 7 nitrogen and oxygen atoms in total. The van der Waals surface area contributed by atoms with E-state index in [1.54, 1.807) is 25.1 Å². The molecule has 1 aliphatic carbocycles. The van der Waals surface area contributed by atoms with Crippen molar-refractivity contribution >= 4 is 17.8 Å². The van der Waals surface area contributed by atoms with E-state index in [2.05, 4.69) is 0 Å². The van der Waals surface area contributed by atoms with Crippen LogP contribution in [0.4, 0.5) is 13.2 Å². The molecule has 2 unspecified atom stereocenters. The summed E-state index contributed by atoms with van der Waals surface area (Å²) in [6, 6.07) is 6.37. The van der Waals surface area contributed by atoms with Gasteiger partial charge in [0.1, 0.15) is 11.5 Å². The standard InChI is InChI=1S/C23H28F3NO6/c1-14-13-32-11-9-18(14)27(20(29)23(24,25)26)17-8-10-22(12-17,21(30)31)15(2)33-19(28)16-6-4-3-5-7-16/h3-7,14-15,17-18H,8-13H2,1-2H3,(H,30,31)/t14-,15?,17-,18?,22+/m1/s1. The summed E-state index contributed by atoms with van der Waals surface area (Å²) in [5, 5.41) is 10.0. The Balaban J connectivity index is 1.85. The maximum Gasteiger partial charge on any atom is 0.471 e. The Hall–Kier alpha value is -2.62. The van der Waals surface area contributed by atoms with E-state index in [9.17, 15) is 32.7 Å². The number of aliphatic carboxylic acids is 1. The van der Waals surface area contributed by atoms with E-state index in [0.717, 1.165) is 4.90 Å². The molecule has 1 heterocycles. The minimum absolute atomic E-state index is 0.0184. The molecule has 1 saturated heterocycles. The first-order valence-electron chi connectivity index (χ1n) is 10.9. The maximum atomic E-state index is 13.5. The third-order valence-corrected chi connectivity index (χ3v) is 6.84. The van der Waals surface area contributed by atoms with Gasteiger partial charge in [0.15, 0.2) is 0 Å². The van der Waals surface area contributed by atoms with Gasteiger partial charge in [-0.2, -0.15) is 13.2 Å². The van der Waals surface area contributed by atoms with Crippen LogP contribution in [0.3, 0.4) is 0 Å². The summed E-state index contributed by atoms with van der Waals surface area (Å²) in [6.07, 6.45) is -6.16. The zero-order valence-corrected chi connectivity index (χ0v) is 18.5. The molecule has 5 atom stereocenters. The highest BCUT2D eigenvalue weighted by Gasteiger charge is 2.56. The molecule has 0 spiro atoms. The van der Waals surface area contributed by atoms with Crippen molar-refractivity contribution in [2.45, 2.75) is 63.9 Å². The Morgan fingerprint density at radius 3 is 2.45 bits per heavy atom. The average Bonchev–Trinajstić information content (AvgIpc) is 3.22. The van der Waals surface area contributed by atoms with E-state index in [1.807, 2.05) is 0 Å². The van der Waals surface area contributed by atoms with Crippen molar-refractivity contribution in [2.24, 2.45) is 11.3 Å². The van der Waals surface area contributed by atoms with E-state index in [4.69, 9.17) is 9.47 Å². The van der Waals surface area contributed by atoms with Crippen molar-refractivity contribution in [3.63, 3.8) is 0 Å². The summed E-state index contributed by atoms with van der Waals surface area (Å²) in [7, 11) is 0. The molecule has 1 saturated carbocycles. The molecule has 3 rings (SSSR count). The van der Waals surface area contributed by atoms with Crippen molar-refractivity contribution in [1.82, 2.24) is 4.90 Å². The number of carbonyl (C=O) groups excluding carboxylic acids is 2. The lowest BCUT2D eigenvalue weighted by atomic mass is 9.80. The number of nitrogens with zero attached hydrogens (tertiary/aromatic N) is 1. The second-order valence-corrected chi connectivity index (χ2v) is 8.89. The molecule has 1 amide bonds. The summed E-state index contributed by atoms with van der Waals surface area (Å²) >= 11 is 0. The minimum Gasteiger partial charge on any atom is -0.481 e. The second-order valence-electron chi connectivity index (χ2n) is 8.89. The summed E-state index contributed by atoms with van der Waals surface area (Å²) in [6.45, 7) is 3.58. The van der Waals surface area contributed by atoms with Crippen LogP contribution < -0.4 is 0 Å². The van der Waals surface area contributed by atoms with Crippen LogP contribution in [0.2, 0.25) is 0 Å². The molecule has 33 heavy (non-hydrogen) atoms. The first-order valence-corrected chi connectivity index (χ1v) is 10.9. The Morgan fingerprint density at radius 1 is 1.21 bits per heavy atom. The molecule has 2 aliphatic rings. The number of rotatable bonds is 6. The molecular weight excluding hydrogens is 443 g/mol. The zero-order chi connectivity index (χ0) is 24.4. The highest BCUT2D eigenvalue weighted by molar-refractivity contribution is 5.90. The number of carboxylic acid groups (broad SMARTS) is 1. The number of amides is 1. The smallest absolute Gasteiger partial charge is 0.471 e. The molecule has 1 aromatic rings. The van der Waals surface area contributed by atoms with Crippen molar-refractivity contribution in [3.8, 4) is 0 Å². The third-order valence-electron chi connectivity index (χ3n) is 6.84. The molecular formula is C23H28F3NO6. The number of halogens is 3. The Kier molecular flexibility index (Phi) is 7.36. The van der Waals surface area contributed by atoms with E-state index in [-0.39, 0.29) is 50.4 Å². The fourth-order valence-electron chi connectivity index (χ4n) is 4.95. The molecule has 0 bridgehead atoms. The van der Waals surface area contributed by atoms with Gasteiger partial charge in [0.25, 0.3) is 0 Å². The van der Waals surface area contributed by atoms with Crippen LogP contribution in [0, 0.1) is 11.3 Å². The first-order chi connectivity index (χ1) is 15.5. The Bertz CT molecular complexity index is 877. The number of alkyl halides is 3. The lowest BCUT2D eigenvalue weighted by Crippen LogP contribution is -2.56. The topological polar surface area (TPSA) is 93.1 Å². The van der Waals surface area contributed by atoms with Crippen LogP contribution in [0.5, 0.6) is 0 Å². The van der Waals surface area contributed by atoms with E-state index in [1.165, 1.54) is 19.1 Å². The van der Waals surface area contributed by atoms with Gasteiger partial charge in [-0.25, -0.2) is 4.79 Å². The summed E-state index contributed by atoms with van der Waals surface area (Å²) in [5.74, 6) is -4.29. The van der Waals surface area contributed by atoms with Gasteiger partial charge in [-0.1, -0.05) is 25.1 Å². The van der Waals surface area contributed by atoms with Gasteiger partial charge in [0.05, 0.1) is 12.2 Å². The Labute approximate surface area is 189 Å². The zero-order valence-electron chi connectivity index (χ0n) is 18.5. The van der Waals surface area contributed by atoms with Crippen LogP contribution in [0.1, 0.15) is 49.9 Å². The number of esters is 1. The average molecular weight is 471 g/mol. The summed E-state index contributed by atoms with van der Waals surface area (Å²) in [5.41, 5.74) is -1.36. The van der Waals surface area contributed by atoms with Crippen molar-refractivity contribution < 1.29 is 42.1 Å². The minimum atomic E-state index is -5.09. The third kappa shape index (κ3) is 5.15. The molecule has 1 aromatic carbocycles. The van der Waals surface area contributed by atoms with Crippen molar-refractivity contribution in [1.29, 1.82) is 0 Å². The quantitative estimate of drug-likeness (QED) is 0.637. The number of carboxylic acids is 1. The number of ether oxygens (including phenoxy) is 2. The van der Waals surface area contributed by atoms with E-state index < -0.39 is 47.6 Å². The number of benzene rings is 1. The highest BCUT2D eigenvalue weighted by atomic mass is 19.4. The monoisotopic (exact) mass is 471 g/mol. The number of hydrogen-bond donors (Lipinski definition) is 1. The van der Waals surface area contributed by atoms with Gasteiger partial charge in [-0.3, -0.25) is 9.59 Å². The van der Waals surface area contributed by atoms with Crippen LogP contribution in [-0.4, -0.2) is 65.4 Å². The summed E-state index contributed by atoms with van der Waals surface area (Å²) < 4.78 is 51.3. The molecule has 182 valence electrons. The van der Waals surface area contributed by atoms with Gasteiger partial charge in [-0.05, 0) is 44.7 Å².